The number of aromatic nitrogens is 2. The zero-order valence-electron chi connectivity index (χ0n) is 32.2. The van der Waals surface area contributed by atoms with Gasteiger partial charge in [0.25, 0.3) is 0 Å². The standard InChI is InChI=1S/C54H35B2N3/c1-3-16-36(17-4-1)55-44-24-15-25-45-54(44)59(52-32-30-38(34-46(52)55)57-48-26-11-7-20-40(48)41-21-8-12-27-49(41)57)53-33-31-39(35-47(53)56(45)37-18-5-2-6-19-37)58-50-28-13-9-22-42(50)43-23-10-14-29-51(43)58/h1-35H. The maximum Gasteiger partial charge on any atom is 0.246 e. The third kappa shape index (κ3) is 4.61. The summed E-state index contributed by atoms with van der Waals surface area (Å²) in [5, 5.41) is 5.08. The highest BCUT2D eigenvalue weighted by Gasteiger charge is 2.43. The Bertz CT molecular complexity index is 3140. The van der Waals surface area contributed by atoms with E-state index in [-0.39, 0.29) is 13.4 Å². The normalized spacial score (nSPS) is 13.0. The van der Waals surface area contributed by atoms with E-state index < -0.39 is 0 Å². The molecular formula is C54H35B2N3. The Morgan fingerprint density at radius 1 is 0.288 bits per heavy atom. The molecule has 0 aliphatic carbocycles. The van der Waals surface area contributed by atoms with Crippen molar-refractivity contribution < 1.29 is 0 Å². The Morgan fingerprint density at radius 2 is 0.644 bits per heavy atom. The fraction of sp³-hybridized carbons (Fsp3) is 0. The topological polar surface area (TPSA) is 13.1 Å². The lowest BCUT2D eigenvalue weighted by molar-refractivity contribution is 1.17. The van der Waals surface area contributed by atoms with Gasteiger partial charge in [-0.05, 0) is 82.5 Å². The van der Waals surface area contributed by atoms with Gasteiger partial charge in [0, 0.05) is 50.0 Å². The number of rotatable bonds is 4. The molecule has 0 atom stereocenters. The van der Waals surface area contributed by atoms with Gasteiger partial charge >= 0.3 is 0 Å². The molecule has 5 heteroatoms. The first kappa shape index (κ1) is 32.6. The molecule has 0 amide bonds. The second kappa shape index (κ2) is 12.5. The summed E-state index contributed by atoms with van der Waals surface area (Å²) in [6, 6.07) is 78.9. The van der Waals surface area contributed by atoms with Crippen molar-refractivity contribution >= 4 is 107 Å². The highest BCUT2D eigenvalue weighted by molar-refractivity contribution is 7.02. The molecule has 0 radical (unpaired) electrons. The van der Waals surface area contributed by atoms with Crippen LogP contribution < -0.4 is 37.7 Å². The number of fused-ring (bicyclic) bond motifs is 10. The second-order valence-electron chi connectivity index (χ2n) is 16.0. The summed E-state index contributed by atoms with van der Waals surface area (Å²) in [6.45, 7) is 0.0839. The smallest absolute Gasteiger partial charge is 0.246 e. The largest absolute Gasteiger partial charge is 0.313 e. The molecule has 13 rings (SSSR count). The molecule has 0 fully saturated rings. The molecule has 2 aromatic heterocycles. The molecule has 11 aromatic rings. The van der Waals surface area contributed by atoms with Gasteiger partial charge in [-0.3, -0.25) is 0 Å². The van der Waals surface area contributed by atoms with Crippen LogP contribution >= 0.6 is 0 Å². The van der Waals surface area contributed by atoms with Crippen molar-refractivity contribution in [1.29, 1.82) is 0 Å². The van der Waals surface area contributed by atoms with E-state index in [0.29, 0.717) is 0 Å². The van der Waals surface area contributed by atoms with Crippen LogP contribution in [0.25, 0.3) is 55.0 Å². The molecule has 0 bridgehead atoms. The summed E-state index contributed by atoms with van der Waals surface area (Å²) in [6.07, 6.45) is 0. The van der Waals surface area contributed by atoms with Crippen molar-refractivity contribution in [2.24, 2.45) is 0 Å². The van der Waals surface area contributed by atoms with Crippen LogP contribution in [0.2, 0.25) is 0 Å². The molecule has 59 heavy (non-hydrogen) atoms. The molecule has 4 heterocycles. The molecule has 2 aliphatic heterocycles. The van der Waals surface area contributed by atoms with Gasteiger partial charge < -0.3 is 14.0 Å². The van der Waals surface area contributed by atoms with E-state index >= 15 is 0 Å². The molecule has 9 aromatic carbocycles. The molecule has 272 valence electrons. The first-order chi connectivity index (χ1) is 29.3. The van der Waals surface area contributed by atoms with Gasteiger partial charge in [0.05, 0.1) is 22.1 Å². The maximum atomic E-state index is 2.58. The van der Waals surface area contributed by atoms with Crippen molar-refractivity contribution in [3.63, 3.8) is 0 Å². The Balaban J connectivity index is 1.10. The summed E-state index contributed by atoms with van der Waals surface area (Å²) in [5.74, 6) is 0. The average Bonchev–Trinajstić information content (AvgIpc) is 3.82. The molecule has 0 N–H and O–H groups in total. The number of hydrogen-bond acceptors (Lipinski definition) is 1. The SMILES string of the molecule is c1ccc(B2c3cc(-n4c5ccccc5c5ccccc54)ccc3N3c4ccc(-n5c6ccccc6c6ccccc65)cc4B(c4ccccc4)c4cccc2c43)cc1. The zero-order chi connectivity index (χ0) is 38.6. The highest BCUT2D eigenvalue weighted by atomic mass is 15.2. The van der Waals surface area contributed by atoms with Crippen LogP contribution in [-0.2, 0) is 0 Å². The van der Waals surface area contributed by atoms with E-state index in [1.165, 1.54) is 105 Å². The summed E-state index contributed by atoms with van der Waals surface area (Å²) in [7, 11) is 0. The Labute approximate surface area is 343 Å². The van der Waals surface area contributed by atoms with Gasteiger partial charge in [-0.15, -0.1) is 0 Å². The van der Waals surface area contributed by atoms with E-state index in [0.717, 1.165) is 0 Å². The summed E-state index contributed by atoms with van der Waals surface area (Å²) < 4.78 is 4.90. The molecule has 0 saturated carbocycles. The predicted molar refractivity (Wildman–Crippen MR) is 252 cm³/mol. The quantitative estimate of drug-likeness (QED) is 0.164. The lowest BCUT2D eigenvalue weighted by Gasteiger charge is -2.44. The van der Waals surface area contributed by atoms with Gasteiger partial charge in [-0.25, -0.2) is 0 Å². The van der Waals surface area contributed by atoms with Gasteiger partial charge in [0.1, 0.15) is 0 Å². The summed E-state index contributed by atoms with van der Waals surface area (Å²) in [5.41, 5.74) is 18.8. The maximum absolute atomic E-state index is 2.58. The average molecular weight is 748 g/mol. The Kier molecular flexibility index (Phi) is 6.90. The Hall–Kier alpha value is -7.49. The van der Waals surface area contributed by atoms with Crippen molar-refractivity contribution in [2.75, 3.05) is 4.90 Å². The number of para-hydroxylation sites is 5. The van der Waals surface area contributed by atoms with Crippen molar-refractivity contribution in [3.05, 3.63) is 212 Å². The van der Waals surface area contributed by atoms with Crippen LogP contribution in [-0.4, -0.2) is 22.6 Å². The number of hydrogen-bond donors (Lipinski definition) is 0. The Morgan fingerprint density at radius 3 is 1.03 bits per heavy atom. The first-order valence-electron chi connectivity index (χ1n) is 20.6. The minimum Gasteiger partial charge on any atom is -0.313 e. The minimum atomic E-state index is 0.0419. The number of benzene rings is 9. The highest BCUT2D eigenvalue weighted by Crippen LogP contribution is 2.40. The minimum absolute atomic E-state index is 0.0419. The molecule has 3 nitrogen and oxygen atoms in total. The van der Waals surface area contributed by atoms with E-state index in [1.54, 1.807) is 0 Å². The van der Waals surface area contributed by atoms with E-state index in [4.69, 9.17) is 0 Å². The van der Waals surface area contributed by atoms with Crippen molar-refractivity contribution in [3.8, 4) is 11.4 Å². The fourth-order valence-corrected chi connectivity index (χ4v) is 10.7. The van der Waals surface area contributed by atoms with Gasteiger partial charge in [-0.1, -0.05) is 163 Å². The van der Waals surface area contributed by atoms with Crippen molar-refractivity contribution in [2.45, 2.75) is 0 Å². The summed E-state index contributed by atoms with van der Waals surface area (Å²) >= 11 is 0. The van der Waals surface area contributed by atoms with Crippen molar-refractivity contribution in [1.82, 2.24) is 9.13 Å². The van der Waals surface area contributed by atoms with Crippen LogP contribution in [0.4, 0.5) is 17.1 Å². The van der Waals surface area contributed by atoms with E-state index in [2.05, 4.69) is 226 Å². The number of anilines is 3. The van der Waals surface area contributed by atoms with E-state index in [1.807, 2.05) is 0 Å². The number of nitrogens with zero attached hydrogens (tertiary/aromatic N) is 3. The lowest BCUT2D eigenvalue weighted by Crippen LogP contribution is -2.65. The van der Waals surface area contributed by atoms with Crippen LogP contribution in [0, 0.1) is 0 Å². The van der Waals surface area contributed by atoms with Crippen LogP contribution in [0.1, 0.15) is 0 Å². The van der Waals surface area contributed by atoms with Crippen LogP contribution in [0.15, 0.2) is 212 Å². The molecular weight excluding hydrogens is 712 g/mol. The zero-order valence-corrected chi connectivity index (χ0v) is 32.2. The molecule has 0 unspecified atom stereocenters. The first-order valence-corrected chi connectivity index (χ1v) is 20.6. The second-order valence-corrected chi connectivity index (χ2v) is 16.0. The van der Waals surface area contributed by atoms with Gasteiger partial charge in [-0.2, -0.15) is 0 Å². The molecule has 2 aliphatic rings. The lowest BCUT2D eigenvalue weighted by atomic mass is 9.30. The molecule has 0 saturated heterocycles. The predicted octanol–water partition coefficient (Wildman–Crippen LogP) is 9.01. The summed E-state index contributed by atoms with van der Waals surface area (Å²) in [4.78, 5) is 2.58. The third-order valence-electron chi connectivity index (χ3n) is 13.0. The van der Waals surface area contributed by atoms with Gasteiger partial charge in [0.15, 0.2) is 0 Å². The monoisotopic (exact) mass is 747 g/mol. The van der Waals surface area contributed by atoms with Crippen LogP contribution in [0.5, 0.6) is 0 Å². The fourth-order valence-electron chi connectivity index (χ4n) is 10.7. The third-order valence-corrected chi connectivity index (χ3v) is 13.0. The van der Waals surface area contributed by atoms with Crippen LogP contribution in [0.3, 0.4) is 0 Å². The molecule has 0 spiro atoms. The van der Waals surface area contributed by atoms with E-state index in [9.17, 15) is 0 Å². The van der Waals surface area contributed by atoms with Gasteiger partial charge in [0.2, 0.25) is 13.4 Å².